The molecule has 0 aromatic carbocycles. The molecule has 17 heavy (non-hydrogen) atoms. The molecule has 2 rings (SSSR count). The highest BCUT2D eigenvalue weighted by Gasteiger charge is 2.18. The van der Waals surface area contributed by atoms with Gasteiger partial charge in [0.05, 0.1) is 17.6 Å². The molecular formula is C13H22N4. The molecule has 0 amide bonds. The second-order valence-electron chi connectivity index (χ2n) is 4.94. The van der Waals surface area contributed by atoms with E-state index in [4.69, 9.17) is 4.98 Å². The van der Waals surface area contributed by atoms with Crippen LogP contribution in [0.15, 0.2) is 6.20 Å². The molecule has 1 aromatic rings. The molecule has 1 aromatic heterocycles. The van der Waals surface area contributed by atoms with Gasteiger partial charge in [-0.1, -0.05) is 13.8 Å². The summed E-state index contributed by atoms with van der Waals surface area (Å²) in [5, 5.41) is 3.20. The first kappa shape index (κ1) is 12.3. The Balaban J connectivity index is 2.29. The van der Waals surface area contributed by atoms with E-state index in [1.165, 1.54) is 18.5 Å². The third kappa shape index (κ3) is 2.75. The molecule has 1 N–H and O–H groups in total. The van der Waals surface area contributed by atoms with Crippen LogP contribution in [-0.4, -0.2) is 30.1 Å². The minimum Gasteiger partial charge on any atom is -0.369 e. The zero-order valence-corrected chi connectivity index (χ0v) is 11.0. The lowest BCUT2D eigenvalue weighted by Crippen LogP contribution is -2.22. The van der Waals surface area contributed by atoms with Crippen LogP contribution in [0.5, 0.6) is 0 Å². The molecule has 94 valence electrons. The number of nitrogens with one attached hydrogen (secondary N) is 1. The van der Waals surface area contributed by atoms with Gasteiger partial charge in [0.25, 0.3) is 0 Å². The maximum absolute atomic E-state index is 4.69. The van der Waals surface area contributed by atoms with Crippen molar-refractivity contribution in [1.29, 1.82) is 0 Å². The van der Waals surface area contributed by atoms with E-state index in [0.717, 1.165) is 31.2 Å². The van der Waals surface area contributed by atoms with E-state index in [-0.39, 0.29) is 0 Å². The highest BCUT2D eigenvalue weighted by molar-refractivity contribution is 5.49. The molecule has 4 heteroatoms. The van der Waals surface area contributed by atoms with Crippen molar-refractivity contribution in [1.82, 2.24) is 15.3 Å². The molecule has 0 unspecified atom stereocenters. The Kier molecular flexibility index (Phi) is 3.94. The van der Waals surface area contributed by atoms with Gasteiger partial charge in [0.2, 0.25) is 0 Å². The van der Waals surface area contributed by atoms with Gasteiger partial charge in [0, 0.05) is 25.6 Å². The maximum atomic E-state index is 4.69. The summed E-state index contributed by atoms with van der Waals surface area (Å²) in [6.45, 7) is 7.36. The van der Waals surface area contributed by atoms with Gasteiger partial charge in [-0.15, -0.1) is 0 Å². The van der Waals surface area contributed by atoms with Gasteiger partial charge in [-0.25, -0.2) is 9.97 Å². The lowest BCUT2D eigenvalue weighted by atomic mass is 10.2. The first-order chi connectivity index (χ1) is 8.22. The maximum Gasteiger partial charge on any atom is 0.131 e. The Morgan fingerprint density at radius 3 is 2.65 bits per heavy atom. The number of nitrogens with zero attached hydrogens (tertiary/aromatic N) is 3. The average molecular weight is 234 g/mol. The summed E-state index contributed by atoms with van der Waals surface area (Å²) in [6, 6.07) is 0. The van der Waals surface area contributed by atoms with Crippen LogP contribution in [-0.2, 0) is 6.54 Å². The molecule has 0 aliphatic carbocycles. The molecule has 1 saturated heterocycles. The van der Waals surface area contributed by atoms with Crippen molar-refractivity contribution in [2.75, 3.05) is 25.0 Å². The van der Waals surface area contributed by atoms with Gasteiger partial charge in [0.1, 0.15) is 5.82 Å². The Bertz CT molecular complexity index is 370. The predicted molar refractivity (Wildman–Crippen MR) is 70.3 cm³/mol. The summed E-state index contributed by atoms with van der Waals surface area (Å²) in [4.78, 5) is 11.6. The van der Waals surface area contributed by atoms with Crippen molar-refractivity contribution < 1.29 is 0 Å². The Labute approximate surface area is 103 Å². The molecule has 0 radical (unpaired) electrons. The van der Waals surface area contributed by atoms with E-state index < -0.39 is 0 Å². The van der Waals surface area contributed by atoms with E-state index in [1.54, 1.807) is 0 Å². The van der Waals surface area contributed by atoms with Crippen molar-refractivity contribution in [3.63, 3.8) is 0 Å². The van der Waals surface area contributed by atoms with Gasteiger partial charge >= 0.3 is 0 Å². The third-order valence-electron chi connectivity index (χ3n) is 3.17. The van der Waals surface area contributed by atoms with Crippen LogP contribution in [0.25, 0.3) is 0 Å². The zero-order valence-electron chi connectivity index (χ0n) is 11.0. The topological polar surface area (TPSA) is 41.1 Å². The molecule has 0 spiro atoms. The average Bonchev–Trinajstić information content (AvgIpc) is 2.82. The summed E-state index contributed by atoms with van der Waals surface area (Å²) in [5.41, 5.74) is 2.34. The first-order valence-corrected chi connectivity index (χ1v) is 6.47. The SMILES string of the molecule is CNCc1nc(C(C)C)ncc1N1CCCC1. The quantitative estimate of drug-likeness (QED) is 0.864. The molecule has 0 bridgehead atoms. The highest BCUT2D eigenvalue weighted by Crippen LogP contribution is 2.24. The molecule has 2 heterocycles. The lowest BCUT2D eigenvalue weighted by molar-refractivity contribution is 0.720. The minimum absolute atomic E-state index is 0.387. The van der Waals surface area contributed by atoms with Crippen molar-refractivity contribution in [2.24, 2.45) is 0 Å². The van der Waals surface area contributed by atoms with Crippen LogP contribution in [0.3, 0.4) is 0 Å². The van der Waals surface area contributed by atoms with Crippen LogP contribution in [0.1, 0.15) is 44.1 Å². The number of aromatic nitrogens is 2. The molecule has 1 aliphatic heterocycles. The minimum atomic E-state index is 0.387. The fourth-order valence-electron chi connectivity index (χ4n) is 2.22. The second-order valence-corrected chi connectivity index (χ2v) is 4.94. The Morgan fingerprint density at radius 1 is 1.35 bits per heavy atom. The number of rotatable bonds is 4. The fraction of sp³-hybridized carbons (Fsp3) is 0.692. The number of hydrogen-bond acceptors (Lipinski definition) is 4. The van der Waals surface area contributed by atoms with E-state index in [0.29, 0.717) is 5.92 Å². The zero-order chi connectivity index (χ0) is 12.3. The molecule has 4 nitrogen and oxygen atoms in total. The van der Waals surface area contributed by atoms with Gasteiger partial charge in [-0.3, -0.25) is 0 Å². The van der Waals surface area contributed by atoms with Gasteiger partial charge in [-0.2, -0.15) is 0 Å². The van der Waals surface area contributed by atoms with Crippen LogP contribution in [0.4, 0.5) is 5.69 Å². The highest BCUT2D eigenvalue weighted by atomic mass is 15.2. The number of hydrogen-bond donors (Lipinski definition) is 1. The van der Waals surface area contributed by atoms with Gasteiger partial charge in [0.15, 0.2) is 0 Å². The summed E-state index contributed by atoms with van der Waals surface area (Å²) in [5.74, 6) is 1.33. The fourth-order valence-corrected chi connectivity index (χ4v) is 2.22. The van der Waals surface area contributed by atoms with E-state index in [9.17, 15) is 0 Å². The predicted octanol–water partition coefficient (Wildman–Crippen LogP) is 1.92. The standard InChI is InChI=1S/C13H22N4/c1-10(2)13-15-9-12(11(16-13)8-14-3)17-6-4-5-7-17/h9-10,14H,4-8H2,1-3H3. The van der Waals surface area contributed by atoms with Crippen LogP contribution >= 0.6 is 0 Å². The van der Waals surface area contributed by atoms with Gasteiger partial charge in [-0.05, 0) is 19.9 Å². The molecule has 0 atom stereocenters. The van der Waals surface area contributed by atoms with E-state index in [2.05, 4.69) is 29.0 Å². The van der Waals surface area contributed by atoms with Crippen molar-refractivity contribution in [3.05, 3.63) is 17.7 Å². The van der Waals surface area contributed by atoms with Crippen LogP contribution < -0.4 is 10.2 Å². The molecule has 0 saturated carbocycles. The summed E-state index contributed by atoms with van der Waals surface area (Å²) >= 11 is 0. The summed E-state index contributed by atoms with van der Waals surface area (Å²) in [7, 11) is 1.96. The molecule has 1 fully saturated rings. The monoisotopic (exact) mass is 234 g/mol. The van der Waals surface area contributed by atoms with Crippen LogP contribution in [0.2, 0.25) is 0 Å². The third-order valence-corrected chi connectivity index (χ3v) is 3.17. The Hall–Kier alpha value is -1.16. The summed E-state index contributed by atoms with van der Waals surface area (Å²) in [6.07, 6.45) is 4.57. The van der Waals surface area contributed by atoms with E-state index in [1.807, 2.05) is 13.2 Å². The first-order valence-electron chi connectivity index (χ1n) is 6.47. The Morgan fingerprint density at radius 2 is 2.06 bits per heavy atom. The van der Waals surface area contributed by atoms with Gasteiger partial charge < -0.3 is 10.2 Å². The van der Waals surface area contributed by atoms with Crippen LogP contribution in [0, 0.1) is 0 Å². The smallest absolute Gasteiger partial charge is 0.131 e. The van der Waals surface area contributed by atoms with Crippen molar-refractivity contribution in [3.8, 4) is 0 Å². The van der Waals surface area contributed by atoms with Crippen molar-refractivity contribution >= 4 is 5.69 Å². The number of anilines is 1. The molecule has 1 aliphatic rings. The summed E-state index contributed by atoms with van der Waals surface area (Å²) < 4.78 is 0. The largest absolute Gasteiger partial charge is 0.369 e. The second kappa shape index (κ2) is 5.45. The molecular weight excluding hydrogens is 212 g/mol. The lowest BCUT2D eigenvalue weighted by Gasteiger charge is -2.21. The van der Waals surface area contributed by atoms with E-state index >= 15 is 0 Å². The normalized spacial score (nSPS) is 15.9. The van der Waals surface area contributed by atoms with Crippen molar-refractivity contribution in [2.45, 2.75) is 39.2 Å².